The third-order valence-corrected chi connectivity index (χ3v) is 1.91. The Morgan fingerprint density at radius 1 is 1.67 bits per heavy atom. The van der Waals surface area contributed by atoms with Gasteiger partial charge in [0, 0.05) is 12.4 Å². The van der Waals surface area contributed by atoms with Crippen molar-refractivity contribution in [2.75, 3.05) is 0 Å². The molecule has 0 aromatic carbocycles. The first-order valence-electron chi connectivity index (χ1n) is 4.32. The highest BCUT2D eigenvalue weighted by Crippen LogP contribution is 2.09. The third kappa shape index (κ3) is 2.32. The summed E-state index contributed by atoms with van der Waals surface area (Å²) in [6.07, 6.45) is 9.05. The van der Waals surface area contributed by atoms with E-state index in [-0.39, 0.29) is 6.17 Å². The van der Waals surface area contributed by atoms with E-state index in [9.17, 15) is 0 Å². The summed E-state index contributed by atoms with van der Waals surface area (Å²) in [7, 11) is 0. The lowest BCUT2D eigenvalue weighted by atomic mass is 10.2. The van der Waals surface area contributed by atoms with Gasteiger partial charge in [0.1, 0.15) is 0 Å². The molecule has 0 bridgehead atoms. The Bertz CT molecular complexity index is 195. The summed E-state index contributed by atoms with van der Waals surface area (Å²) >= 11 is 0. The number of hydrogen-bond donors (Lipinski definition) is 2. The number of imidazole rings is 1. The molecule has 0 amide bonds. The van der Waals surface area contributed by atoms with E-state index >= 15 is 0 Å². The number of rotatable bonds is 5. The van der Waals surface area contributed by atoms with Crippen LogP contribution in [0.3, 0.4) is 0 Å². The van der Waals surface area contributed by atoms with Crippen LogP contribution in [0.25, 0.3) is 0 Å². The standard InChI is InChI=1S/C8H16N4/c1-2-3-4-8(11-9)12-6-5-10-7-12/h5-8,11H,2-4,9H2,1H3. The van der Waals surface area contributed by atoms with E-state index in [0.29, 0.717) is 0 Å². The van der Waals surface area contributed by atoms with Gasteiger partial charge in [-0.2, -0.15) is 0 Å². The maximum atomic E-state index is 5.41. The predicted molar refractivity (Wildman–Crippen MR) is 48.1 cm³/mol. The van der Waals surface area contributed by atoms with E-state index in [1.165, 1.54) is 12.8 Å². The van der Waals surface area contributed by atoms with Gasteiger partial charge >= 0.3 is 0 Å². The van der Waals surface area contributed by atoms with Gasteiger partial charge in [0.25, 0.3) is 0 Å². The average Bonchev–Trinajstić information content (AvgIpc) is 2.59. The van der Waals surface area contributed by atoms with Crippen LogP contribution in [0.1, 0.15) is 32.4 Å². The molecule has 68 valence electrons. The van der Waals surface area contributed by atoms with Crippen molar-refractivity contribution in [3.05, 3.63) is 18.7 Å². The Hall–Kier alpha value is -0.870. The first-order valence-corrected chi connectivity index (χ1v) is 4.32. The maximum absolute atomic E-state index is 5.41. The molecule has 4 heteroatoms. The van der Waals surface area contributed by atoms with Crippen LogP contribution in [0.5, 0.6) is 0 Å². The Labute approximate surface area is 72.8 Å². The fraction of sp³-hybridized carbons (Fsp3) is 0.625. The molecule has 4 nitrogen and oxygen atoms in total. The van der Waals surface area contributed by atoms with Crippen molar-refractivity contribution in [3.8, 4) is 0 Å². The van der Waals surface area contributed by atoms with E-state index in [4.69, 9.17) is 5.84 Å². The van der Waals surface area contributed by atoms with Crippen molar-refractivity contribution >= 4 is 0 Å². The molecular weight excluding hydrogens is 152 g/mol. The van der Waals surface area contributed by atoms with Gasteiger partial charge < -0.3 is 4.57 Å². The van der Waals surface area contributed by atoms with E-state index < -0.39 is 0 Å². The molecule has 1 aromatic heterocycles. The molecule has 1 aromatic rings. The first-order chi connectivity index (χ1) is 5.88. The zero-order valence-electron chi connectivity index (χ0n) is 7.40. The molecule has 0 radical (unpaired) electrons. The number of nitrogens with two attached hydrogens (primary N) is 1. The number of hydrazine groups is 1. The van der Waals surface area contributed by atoms with Crippen molar-refractivity contribution in [3.63, 3.8) is 0 Å². The van der Waals surface area contributed by atoms with Gasteiger partial charge in [-0.3, -0.25) is 5.84 Å². The molecule has 1 unspecified atom stereocenters. The molecule has 1 heterocycles. The summed E-state index contributed by atoms with van der Waals surface area (Å²) in [5.74, 6) is 5.41. The third-order valence-electron chi connectivity index (χ3n) is 1.91. The van der Waals surface area contributed by atoms with Crippen LogP contribution in [0.4, 0.5) is 0 Å². The number of unbranched alkanes of at least 4 members (excludes halogenated alkanes) is 1. The maximum Gasteiger partial charge on any atom is 0.0971 e. The molecule has 0 aliphatic heterocycles. The zero-order chi connectivity index (χ0) is 8.81. The first kappa shape index (κ1) is 9.22. The topological polar surface area (TPSA) is 55.9 Å². The largest absolute Gasteiger partial charge is 0.320 e. The van der Waals surface area contributed by atoms with Crippen molar-refractivity contribution in [2.24, 2.45) is 5.84 Å². The van der Waals surface area contributed by atoms with Crippen LogP contribution in [-0.2, 0) is 0 Å². The minimum Gasteiger partial charge on any atom is -0.320 e. The van der Waals surface area contributed by atoms with Gasteiger partial charge in [-0.25, -0.2) is 10.4 Å². The minimum absolute atomic E-state index is 0.187. The Morgan fingerprint density at radius 3 is 3.00 bits per heavy atom. The molecule has 0 aliphatic rings. The second kappa shape index (κ2) is 4.90. The van der Waals surface area contributed by atoms with Crippen LogP contribution in [0.2, 0.25) is 0 Å². The summed E-state index contributed by atoms with van der Waals surface area (Å²) < 4.78 is 1.98. The monoisotopic (exact) mass is 168 g/mol. The summed E-state index contributed by atoms with van der Waals surface area (Å²) in [4.78, 5) is 3.97. The number of nitrogens with one attached hydrogen (secondary N) is 1. The van der Waals surface area contributed by atoms with E-state index in [0.717, 1.165) is 6.42 Å². The fourth-order valence-electron chi connectivity index (χ4n) is 1.17. The predicted octanol–water partition coefficient (Wildman–Crippen LogP) is 1.04. The van der Waals surface area contributed by atoms with Crippen molar-refractivity contribution < 1.29 is 0 Å². The average molecular weight is 168 g/mol. The normalized spacial score (nSPS) is 13.2. The molecule has 0 spiro atoms. The SMILES string of the molecule is CCCCC(NN)n1ccnc1. The highest BCUT2D eigenvalue weighted by Gasteiger charge is 2.05. The molecule has 0 saturated carbocycles. The number of aromatic nitrogens is 2. The van der Waals surface area contributed by atoms with Gasteiger partial charge in [-0.05, 0) is 6.42 Å². The molecule has 3 N–H and O–H groups in total. The van der Waals surface area contributed by atoms with E-state index in [1.54, 1.807) is 12.5 Å². The molecular formula is C8H16N4. The van der Waals surface area contributed by atoms with E-state index in [1.807, 2.05) is 10.8 Å². The number of hydrogen-bond acceptors (Lipinski definition) is 3. The van der Waals surface area contributed by atoms with Gasteiger partial charge in [0.05, 0.1) is 12.5 Å². The van der Waals surface area contributed by atoms with Crippen molar-refractivity contribution in [2.45, 2.75) is 32.4 Å². The van der Waals surface area contributed by atoms with Crippen LogP contribution < -0.4 is 11.3 Å². The summed E-state index contributed by atoms with van der Waals surface area (Å²) in [5.41, 5.74) is 2.76. The molecule has 0 saturated heterocycles. The lowest BCUT2D eigenvalue weighted by Crippen LogP contribution is -2.31. The second-order valence-corrected chi connectivity index (χ2v) is 2.83. The summed E-state index contributed by atoms with van der Waals surface area (Å²) in [5, 5.41) is 0. The van der Waals surface area contributed by atoms with Crippen LogP contribution in [0.15, 0.2) is 18.7 Å². The van der Waals surface area contributed by atoms with Crippen molar-refractivity contribution in [1.29, 1.82) is 0 Å². The molecule has 1 rings (SSSR count). The highest BCUT2D eigenvalue weighted by molar-refractivity contribution is 4.78. The van der Waals surface area contributed by atoms with Gasteiger partial charge in [0.2, 0.25) is 0 Å². The minimum atomic E-state index is 0.187. The second-order valence-electron chi connectivity index (χ2n) is 2.83. The smallest absolute Gasteiger partial charge is 0.0971 e. The lowest BCUT2D eigenvalue weighted by Gasteiger charge is -2.16. The molecule has 0 fully saturated rings. The summed E-state index contributed by atoms with van der Waals surface area (Å²) in [6, 6.07) is 0. The van der Waals surface area contributed by atoms with Crippen LogP contribution in [-0.4, -0.2) is 9.55 Å². The quantitative estimate of drug-likeness (QED) is 0.510. The lowest BCUT2D eigenvalue weighted by molar-refractivity contribution is 0.374. The van der Waals surface area contributed by atoms with Gasteiger partial charge in [-0.1, -0.05) is 19.8 Å². The highest BCUT2D eigenvalue weighted by atomic mass is 15.3. The van der Waals surface area contributed by atoms with Crippen LogP contribution >= 0.6 is 0 Å². The van der Waals surface area contributed by atoms with Gasteiger partial charge in [0.15, 0.2) is 0 Å². The van der Waals surface area contributed by atoms with Crippen molar-refractivity contribution in [1.82, 2.24) is 15.0 Å². The molecule has 0 aliphatic carbocycles. The Balaban J connectivity index is 2.45. The Morgan fingerprint density at radius 2 is 2.50 bits per heavy atom. The molecule has 12 heavy (non-hydrogen) atoms. The zero-order valence-corrected chi connectivity index (χ0v) is 7.40. The van der Waals surface area contributed by atoms with E-state index in [2.05, 4.69) is 17.3 Å². The van der Waals surface area contributed by atoms with Crippen LogP contribution in [0, 0.1) is 0 Å². The summed E-state index contributed by atoms with van der Waals surface area (Å²) in [6.45, 7) is 2.17. The Kier molecular flexibility index (Phi) is 3.76. The number of nitrogens with zero attached hydrogens (tertiary/aromatic N) is 2. The fourth-order valence-corrected chi connectivity index (χ4v) is 1.17. The molecule has 1 atom stereocenters. The van der Waals surface area contributed by atoms with Gasteiger partial charge in [-0.15, -0.1) is 0 Å².